The van der Waals surface area contributed by atoms with E-state index in [0.29, 0.717) is 35.7 Å². The van der Waals surface area contributed by atoms with Gasteiger partial charge >= 0.3 is 0 Å². The average molecular weight is 334 g/mol. The highest BCUT2D eigenvalue weighted by molar-refractivity contribution is 7.89. The summed E-state index contributed by atoms with van der Waals surface area (Å²) in [4.78, 5) is 0.309. The molecule has 6 heteroatoms. The van der Waals surface area contributed by atoms with Crippen molar-refractivity contribution < 1.29 is 12.8 Å². The lowest BCUT2D eigenvalue weighted by Gasteiger charge is -2.35. The Morgan fingerprint density at radius 1 is 1.17 bits per heavy atom. The smallest absolute Gasteiger partial charge is 0.243 e. The van der Waals surface area contributed by atoms with Crippen molar-refractivity contribution in [1.82, 2.24) is 9.62 Å². The Hall–Kier alpha value is -1.76. The molecule has 0 amide bonds. The molecule has 1 N–H and O–H groups in total. The highest BCUT2D eigenvalue weighted by atomic mass is 32.2. The van der Waals surface area contributed by atoms with E-state index in [9.17, 15) is 12.8 Å². The van der Waals surface area contributed by atoms with Crippen LogP contribution in [0.3, 0.4) is 0 Å². The molecule has 3 rings (SSSR count). The van der Waals surface area contributed by atoms with Gasteiger partial charge in [0.25, 0.3) is 0 Å². The Kier molecular flexibility index (Phi) is 4.48. The van der Waals surface area contributed by atoms with Crippen LogP contribution in [0.4, 0.5) is 4.39 Å². The van der Waals surface area contributed by atoms with E-state index in [0.717, 1.165) is 0 Å². The van der Waals surface area contributed by atoms with Crippen molar-refractivity contribution >= 4 is 10.0 Å². The van der Waals surface area contributed by atoms with Crippen LogP contribution in [-0.2, 0) is 10.0 Å². The van der Waals surface area contributed by atoms with E-state index in [1.54, 1.807) is 37.3 Å². The second-order valence-corrected chi connectivity index (χ2v) is 7.52. The molecule has 1 saturated heterocycles. The first-order chi connectivity index (χ1) is 11.0. The molecule has 1 fully saturated rings. The maximum Gasteiger partial charge on any atom is 0.243 e. The molecule has 0 spiro atoms. The van der Waals surface area contributed by atoms with E-state index in [2.05, 4.69) is 5.32 Å². The molecular weight excluding hydrogens is 315 g/mol. The standard InChI is InChI=1S/C17H19FN2O2S/c1-13-5-2-3-8-17(13)23(21,22)20-10-9-19-12-16(20)14-6-4-7-15(18)11-14/h2-8,11,16,19H,9-10,12H2,1H3. The van der Waals surface area contributed by atoms with Gasteiger partial charge in [0.05, 0.1) is 10.9 Å². The predicted octanol–water partition coefficient (Wildman–Crippen LogP) is 2.47. The van der Waals surface area contributed by atoms with Gasteiger partial charge in [0.15, 0.2) is 0 Å². The van der Waals surface area contributed by atoms with Crippen LogP contribution >= 0.6 is 0 Å². The number of rotatable bonds is 3. The summed E-state index contributed by atoms with van der Waals surface area (Å²) in [6, 6.07) is 12.7. The summed E-state index contributed by atoms with van der Waals surface area (Å²) in [6.45, 7) is 3.19. The van der Waals surface area contributed by atoms with Crippen LogP contribution in [-0.4, -0.2) is 32.4 Å². The topological polar surface area (TPSA) is 49.4 Å². The Balaban J connectivity index is 2.03. The molecule has 1 aliphatic rings. The van der Waals surface area contributed by atoms with Gasteiger partial charge in [-0.15, -0.1) is 0 Å². The summed E-state index contributed by atoms with van der Waals surface area (Å²) in [5, 5.41) is 3.19. The summed E-state index contributed by atoms with van der Waals surface area (Å²) >= 11 is 0. The molecule has 0 radical (unpaired) electrons. The molecule has 0 saturated carbocycles. The largest absolute Gasteiger partial charge is 0.313 e. The fourth-order valence-electron chi connectivity index (χ4n) is 2.94. The zero-order valence-corrected chi connectivity index (χ0v) is 13.7. The lowest BCUT2D eigenvalue weighted by molar-refractivity contribution is 0.271. The Bertz CT molecular complexity index is 808. The van der Waals surface area contributed by atoms with E-state index >= 15 is 0 Å². The zero-order valence-electron chi connectivity index (χ0n) is 12.9. The minimum absolute atomic E-state index is 0.309. The van der Waals surface area contributed by atoms with Gasteiger partial charge in [-0.25, -0.2) is 12.8 Å². The molecule has 1 aliphatic heterocycles. The highest BCUT2D eigenvalue weighted by Gasteiger charge is 2.35. The van der Waals surface area contributed by atoms with Crippen molar-refractivity contribution in [2.24, 2.45) is 0 Å². The normalized spacial score (nSPS) is 19.7. The van der Waals surface area contributed by atoms with E-state index < -0.39 is 16.1 Å². The number of aryl methyl sites for hydroxylation is 1. The zero-order chi connectivity index (χ0) is 16.4. The van der Waals surface area contributed by atoms with Gasteiger partial charge in [-0.2, -0.15) is 4.31 Å². The molecule has 1 unspecified atom stereocenters. The van der Waals surface area contributed by atoms with Crippen LogP contribution in [0.5, 0.6) is 0 Å². The molecule has 2 aromatic rings. The minimum atomic E-state index is -3.63. The molecule has 2 aromatic carbocycles. The lowest BCUT2D eigenvalue weighted by atomic mass is 10.1. The Morgan fingerprint density at radius 3 is 2.70 bits per heavy atom. The maximum atomic E-state index is 13.5. The van der Waals surface area contributed by atoms with Crippen LogP contribution in [0, 0.1) is 12.7 Å². The molecule has 0 aliphatic carbocycles. The van der Waals surface area contributed by atoms with Gasteiger partial charge in [-0.05, 0) is 36.2 Å². The summed E-state index contributed by atoms with van der Waals surface area (Å²) in [7, 11) is -3.63. The van der Waals surface area contributed by atoms with E-state index in [-0.39, 0.29) is 5.82 Å². The third-order valence-electron chi connectivity index (χ3n) is 4.11. The lowest BCUT2D eigenvalue weighted by Crippen LogP contribution is -2.48. The number of nitrogens with zero attached hydrogens (tertiary/aromatic N) is 1. The van der Waals surface area contributed by atoms with Crippen molar-refractivity contribution in [3.05, 3.63) is 65.5 Å². The molecular formula is C17H19FN2O2S. The second-order valence-electron chi connectivity index (χ2n) is 5.66. The summed E-state index contributed by atoms with van der Waals surface area (Å²) < 4.78 is 41.2. The van der Waals surface area contributed by atoms with E-state index in [1.807, 2.05) is 6.07 Å². The molecule has 0 aromatic heterocycles. The fourth-order valence-corrected chi connectivity index (χ4v) is 4.78. The van der Waals surface area contributed by atoms with Gasteiger partial charge in [0.2, 0.25) is 10.0 Å². The summed E-state index contributed by atoms with van der Waals surface area (Å²) in [5.41, 5.74) is 1.37. The average Bonchev–Trinajstić information content (AvgIpc) is 2.55. The van der Waals surface area contributed by atoms with Crippen molar-refractivity contribution in [3.63, 3.8) is 0 Å². The van der Waals surface area contributed by atoms with Gasteiger partial charge in [0, 0.05) is 19.6 Å². The van der Waals surface area contributed by atoms with E-state index in [4.69, 9.17) is 0 Å². The Labute approximate surface area is 136 Å². The SMILES string of the molecule is Cc1ccccc1S(=O)(=O)N1CCNCC1c1cccc(F)c1. The minimum Gasteiger partial charge on any atom is -0.313 e. The number of piperazine rings is 1. The van der Waals surface area contributed by atoms with Crippen LogP contribution in [0.25, 0.3) is 0 Å². The summed E-state index contributed by atoms with van der Waals surface area (Å²) in [6.07, 6.45) is 0. The molecule has 1 heterocycles. The summed E-state index contributed by atoms with van der Waals surface area (Å²) in [5.74, 6) is -0.360. The molecule has 4 nitrogen and oxygen atoms in total. The molecule has 122 valence electrons. The number of hydrogen-bond acceptors (Lipinski definition) is 3. The first-order valence-corrected chi connectivity index (χ1v) is 8.98. The number of hydrogen-bond donors (Lipinski definition) is 1. The van der Waals surface area contributed by atoms with E-state index in [1.165, 1.54) is 16.4 Å². The monoisotopic (exact) mass is 334 g/mol. The molecule has 1 atom stereocenters. The first kappa shape index (κ1) is 16.1. The predicted molar refractivity (Wildman–Crippen MR) is 87.1 cm³/mol. The van der Waals surface area contributed by atoms with Crippen LogP contribution < -0.4 is 5.32 Å². The number of sulfonamides is 1. The second kappa shape index (κ2) is 6.39. The molecule has 23 heavy (non-hydrogen) atoms. The van der Waals surface area contributed by atoms with Gasteiger partial charge in [0.1, 0.15) is 5.82 Å². The van der Waals surface area contributed by atoms with Gasteiger partial charge < -0.3 is 5.32 Å². The molecule has 0 bridgehead atoms. The quantitative estimate of drug-likeness (QED) is 0.938. The maximum absolute atomic E-state index is 13.5. The van der Waals surface area contributed by atoms with Crippen LogP contribution in [0.2, 0.25) is 0 Å². The fraction of sp³-hybridized carbons (Fsp3) is 0.294. The number of halogens is 1. The first-order valence-electron chi connectivity index (χ1n) is 7.54. The number of nitrogens with one attached hydrogen (secondary N) is 1. The third-order valence-corrected chi connectivity index (χ3v) is 6.18. The van der Waals surface area contributed by atoms with Crippen molar-refractivity contribution in [2.45, 2.75) is 17.9 Å². The van der Waals surface area contributed by atoms with Crippen LogP contribution in [0.15, 0.2) is 53.4 Å². The van der Waals surface area contributed by atoms with Crippen LogP contribution in [0.1, 0.15) is 17.2 Å². The van der Waals surface area contributed by atoms with Crippen molar-refractivity contribution in [3.8, 4) is 0 Å². The van der Waals surface area contributed by atoms with Gasteiger partial charge in [-0.3, -0.25) is 0 Å². The highest BCUT2D eigenvalue weighted by Crippen LogP contribution is 2.30. The van der Waals surface area contributed by atoms with Crippen molar-refractivity contribution in [2.75, 3.05) is 19.6 Å². The number of benzene rings is 2. The third kappa shape index (κ3) is 3.15. The van der Waals surface area contributed by atoms with Crippen molar-refractivity contribution in [1.29, 1.82) is 0 Å². The van der Waals surface area contributed by atoms with Gasteiger partial charge in [-0.1, -0.05) is 30.3 Å². The Morgan fingerprint density at radius 2 is 1.96 bits per heavy atom.